The number of ether oxygens (including phenoxy) is 3. The summed E-state index contributed by atoms with van der Waals surface area (Å²) in [5.74, 6) is -2.22. The van der Waals surface area contributed by atoms with Gasteiger partial charge in [-0.2, -0.15) is 0 Å². The van der Waals surface area contributed by atoms with Crippen LogP contribution in [0.3, 0.4) is 0 Å². The van der Waals surface area contributed by atoms with Crippen molar-refractivity contribution in [2.24, 2.45) is 0 Å². The molecule has 2 saturated heterocycles. The van der Waals surface area contributed by atoms with Crippen LogP contribution in [0.2, 0.25) is 0 Å². The van der Waals surface area contributed by atoms with Gasteiger partial charge in [-0.3, -0.25) is 0 Å². The van der Waals surface area contributed by atoms with Crippen LogP contribution >= 0.6 is 0 Å². The Morgan fingerprint density at radius 1 is 0.968 bits per heavy atom. The highest BCUT2D eigenvalue weighted by molar-refractivity contribution is 5.43. The molecular formula is C21H33N3O7. The second-order valence-corrected chi connectivity index (χ2v) is 8.72. The van der Waals surface area contributed by atoms with E-state index in [1.165, 1.54) is 0 Å². The third-order valence-electron chi connectivity index (χ3n) is 6.71. The highest BCUT2D eigenvalue weighted by Gasteiger charge is 2.68. The van der Waals surface area contributed by atoms with Crippen molar-refractivity contribution in [2.45, 2.75) is 73.6 Å². The molecule has 4 rings (SSSR count). The highest BCUT2D eigenvalue weighted by atomic mass is 16.8. The van der Waals surface area contributed by atoms with Crippen molar-refractivity contribution in [3.63, 3.8) is 0 Å². The van der Waals surface area contributed by atoms with E-state index in [1.807, 2.05) is 30.3 Å². The molecule has 0 spiro atoms. The Balaban J connectivity index is 1.63. The van der Waals surface area contributed by atoms with Crippen molar-refractivity contribution in [1.29, 1.82) is 0 Å². The molecule has 0 aromatic heterocycles. The summed E-state index contributed by atoms with van der Waals surface area (Å²) in [5.41, 5.74) is -0.984. The second-order valence-electron chi connectivity index (χ2n) is 8.72. The molecule has 31 heavy (non-hydrogen) atoms. The van der Waals surface area contributed by atoms with Gasteiger partial charge in [0.15, 0.2) is 0 Å². The zero-order chi connectivity index (χ0) is 22.4. The summed E-state index contributed by atoms with van der Waals surface area (Å²) in [6.07, 6.45) is -5.61. The molecule has 1 aliphatic carbocycles. The fourth-order valence-corrected chi connectivity index (χ4v) is 5.03. The minimum absolute atomic E-state index is 0.0209. The Hall–Kier alpha value is -1.34. The number of fused-ring (bicyclic) bond motifs is 2. The number of para-hydroxylation sites is 1. The van der Waals surface area contributed by atoms with Crippen LogP contribution in [0.15, 0.2) is 30.3 Å². The fraction of sp³-hybridized carbons (Fsp3) is 0.714. The first-order valence-corrected chi connectivity index (χ1v) is 10.7. The first-order chi connectivity index (χ1) is 14.7. The number of nitrogens with one attached hydrogen (secondary N) is 3. The zero-order valence-corrected chi connectivity index (χ0v) is 17.9. The van der Waals surface area contributed by atoms with Gasteiger partial charge in [0.25, 0.3) is 0 Å². The molecule has 0 bridgehead atoms. The van der Waals surface area contributed by atoms with Gasteiger partial charge in [-0.1, -0.05) is 18.2 Å². The van der Waals surface area contributed by atoms with Gasteiger partial charge in [-0.25, -0.2) is 0 Å². The summed E-state index contributed by atoms with van der Waals surface area (Å²) >= 11 is 0. The molecule has 10 heteroatoms. The Labute approximate surface area is 181 Å². The van der Waals surface area contributed by atoms with Crippen molar-refractivity contribution in [3.8, 4) is 0 Å². The van der Waals surface area contributed by atoms with Gasteiger partial charge in [0.2, 0.25) is 12.1 Å². The van der Waals surface area contributed by atoms with E-state index in [1.54, 1.807) is 21.0 Å². The van der Waals surface area contributed by atoms with E-state index in [2.05, 4.69) is 16.0 Å². The molecule has 3 aliphatic rings. The maximum atomic E-state index is 11.6. The van der Waals surface area contributed by atoms with Crippen LogP contribution in [0.4, 0.5) is 5.69 Å². The lowest BCUT2D eigenvalue weighted by Crippen LogP contribution is -2.81. The third kappa shape index (κ3) is 3.75. The number of aliphatic hydroxyl groups is 4. The van der Waals surface area contributed by atoms with E-state index < -0.39 is 60.3 Å². The zero-order valence-electron chi connectivity index (χ0n) is 17.9. The van der Waals surface area contributed by atoms with E-state index in [0.717, 1.165) is 5.69 Å². The molecular weight excluding hydrogens is 406 g/mol. The SMILES string of the molecule is CN[C@@H]1[C@H](O)[C@H](NC)[C@H]2O[C@]3(O)[C@H](O[C@@H]2[C@H]1O)O[C@H](C)C[C@@]3(O)CNc1ccccc1. The van der Waals surface area contributed by atoms with Crippen molar-refractivity contribution < 1.29 is 34.6 Å². The maximum absolute atomic E-state index is 11.6. The number of aliphatic hydroxyl groups excluding tert-OH is 2. The molecule has 0 amide bonds. The molecule has 7 N–H and O–H groups in total. The fourth-order valence-electron chi connectivity index (χ4n) is 5.03. The van der Waals surface area contributed by atoms with Crippen LogP contribution in [0.1, 0.15) is 13.3 Å². The average Bonchev–Trinajstić information content (AvgIpc) is 2.74. The van der Waals surface area contributed by atoms with Crippen molar-refractivity contribution >= 4 is 5.69 Å². The lowest BCUT2D eigenvalue weighted by molar-refractivity contribution is -0.481. The molecule has 10 nitrogen and oxygen atoms in total. The van der Waals surface area contributed by atoms with Crippen LogP contribution in [-0.2, 0) is 14.2 Å². The summed E-state index contributed by atoms with van der Waals surface area (Å²) in [6, 6.07) is 7.97. The first-order valence-electron chi connectivity index (χ1n) is 10.7. The Morgan fingerprint density at radius 3 is 2.29 bits per heavy atom. The summed E-state index contributed by atoms with van der Waals surface area (Å²) in [6.45, 7) is 1.75. The van der Waals surface area contributed by atoms with Gasteiger partial charge in [-0.15, -0.1) is 0 Å². The lowest BCUT2D eigenvalue weighted by Gasteiger charge is -2.60. The van der Waals surface area contributed by atoms with E-state index >= 15 is 0 Å². The summed E-state index contributed by atoms with van der Waals surface area (Å²) < 4.78 is 17.9. The molecule has 0 unspecified atom stereocenters. The van der Waals surface area contributed by atoms with Crippen LogP contribution in [-0.4, -0.2) is 101 Å². The van der Waals surface area contributed by atoms with Crippen molar-refractivity contribution in [1.82, 2.24) is 10.6 Å². The van der Waals surface area contributed by atoms with E-state index in [4.69, 9.17) is 14.2 Å². The molecule has 1 aromatic carbocycles. The van der Waals surface area contributed by atoms with Gasteiger partial charge >= 0.3 is 0 Å². The smallest absolute Gasteiger partial charge is 0.250 e. The van der Waals surface area contributed by atoms with Gasteiger partial charge in [0, 0.05) is 18.7 Å². The summed E-state index contributed by atoms with van der Waals surface area (Å²) in [5, 5.41) is 53.7. The van der Waals surface area contributed by atoms with Crippen LogP contribution < -0.4 is 16.0 Å². The monoisotopic (exact) mass is 439 g/mol. The van der Waals surface area contributed by atoms with Gasteiger partial charge in [0.1, 0.15) is 23.9 Å². The number of rotatable bonds is 5. The minimum Gasteiger partial charge on any atom is -0.390 e. The molecule has 2 heterocycles. The Morgan fingerprint density at radius 2 is 1.65 bits per heavy atom. The Bertz CT molecular complexity index is 758. The second kappa shape index (κ2) is 8.54. The van der Waals surface area contributed by atoms with Crippen LogP contribution in [0.5, 0.6) is 0 Å². The number of anilines is 1. The largest absolute Gasteiger partial charge is 0.390 e. The molecule has 10 atom stereocenters. The predicted octanol–water partition coefficient (Wildman–Crippen LogP) is -1.65. The van der Waals surface area contributed by atoms with Crippen LogP contribution in [0, 0.1) is 0 Å². The quantitative estimate of drug-likeness (QED) is 0.285. The van der Waals surface area contributed by atoms with Crippen molar-refractivity contribution in [2.75, 3.05) is 26.0 Å². The van der Waals surface area contributed by atoms with E-state index in [0.29, 0.717) is 0 Å². The maximum Gasteiger partial charge on any atom is 0.250 e. The number of hydrogen-bond donors (Lipinski definition) is 7. The molecule has 1 aromatic rings. The minimum atomic E-state index is -2.22. The molecule has 0 radical (unpaired) electrons. The molecule has 3 fully saturated rings. The van der Waals surface area contributed by atoms with E-state index in [9.17, 15) is 20.4 Å². The molecule has 1 saturated carbocycles. The van der Waals surface area contributed by atoms with E-state index in [-0.39, 0.29) is 13.0 Å². The van der Waals surface area contributed by atoms with Crippen molar-refractivity contribution in [3.05, 3.63) is 30.3 Å². The van der Waals surface area contributed by atoms with Gasteiger partial charge in [-0.05, 0) is 33.2 Å². The Kier molecular flexibility index (Phi) is 6.29. The lowest BCUT2D eigenvalue weighted by atomic mass is 9.77. The van der Waals surface area contributed by atoms with Crippen LogP contribution in [0.25, 0.3) is 0 Å². The third-order valence-corrected chi connectivity index (χ3v) is 6.71. The molecule has 174 valence electrons. The topological polar surface area (TPSA) is 145 Å². The van der Waals surface area contributed by atoms with Gasteiger partial charge < -0.3 is 50.6 Å². The normalized spacial score (nSPS) is 47.3. The number of hydrogen-bond acceptors (Lipinski definition) is 10. The summed E-state index contributed by atoms with van der Waals surface area (Å²) in [4.78, 5) is 0. The summed E-state index contributed by atoms with van der Waals surface area (Å²) in [7, 11) is 3.29. The molecule has 2 aliphatic heterocycles. The number of likely N-dealkylation sites (N-methyl/N-ethyl adjacent to an activating group) is 2. The highest BCUT2D eigenvalue weighted by Crippen LogP contribution is 2.46. The average molecular weight is 440 g/mol. The standard InChI is InChI=1S/C21H33N3O7/c1-11-9-20(27,10-24-12-7-5-4-6-8-12)21(28)19(29-11)30-18-16(26)13(22-2)15(25)14(23-3)17(18)31-21/h4-8,11,13-19,22-28H,9-10H2,1-3H3/t11-,13-,14+,15+,16+,17-,18-,19+,20-,21-/m1/s1. The number of benzene rings is 1. The first kappa shape index (κ1) is 22.8. The van der Waals surface area contributed by atoms with Gasteiger partial charge in [0.05, 0.1) is 24.3 Å². The predicted molar refractivity (Wildman–Crippen MR) is 111 cm³/mol.